The molecule has 1 saturated carbocycles. The van der Waals surface area contributed by atoms with Crippen LogP contribution in [0.25, 0.3) is 0 Å². The van der Waals surface area contributed by atoms with Crippen molar-refractivity contribution in [3.63, 3.8) is 0 Å². The Balaban J connectivity index is 2.02. The number of carbonyl (C=O) groups excluding carboxylic acids is 1. The van der Waals surface area contributed by atoms with Crippen molar-refractivity contribution in [3.8, 4) is 11.5 Å². The van der Waals surface area contributed by atoms with Crippen LogP contribution in [0.15, 0.2) is 12.1 Å². The molecule has 0 unspecified atom stereocenters. The zero-order valence-electron chi connectivity index (χ0n) is 14.6. The number of benzene rings is 1. The van der Waals surface area contributed by atoms with Crippen molar-refractivity contribution in [1.82, 2.24) is 4.90 Å². The van der Waals surface area contributed by atoms with Crippen LogP contribution in [0, 0.1) is 0 Å². The number of ketones is 1. The smallest absolute Gasteiger partial charge is 0.161 e. The van der Waals surface area contributed by atoms with Gasteiger partial charge in [0.05, 0.1) is 12.7 Å². The van der Waals surface area contributed by atoms with E-state index < -0.39 is 11.0 Å². The van der Waals surface area contributed by atoms with Crippen molar-refractivity contribution >= 4 is 5.78 Å². The van der Waals surface area contributed by atoms with Gasteiger partial charge in [-0.15, -0.1) is 0 Å². The molecular formula is C19H25NO4. The van der Waals surface area contributed by atoms with Gasteiger partial charge in [-0.2, -0.15) is 0 Å². The van der Waals surface area contributed by atoms with Crippen LogP contribution in [0.4, 0.5) is 0 Å². The summed E-state index contributed by atoms with van der Waals surface area (Å²) in [6.45, 7) is 0.902. The van der Waals surface area contributed by atoms with Gasteiger partial charge in [0.2, 0.25) is 0 Å². The number of methoxy groups -OCH3 is 2. The third-order valence-corrected chi connectivity index (χ3v) is 6.75. The molecule has 130 valence electrons. The maximum atomic E-state index is 12.4. The minimum Gasteiger partial charge on any atom is -0.504 e. The highest BCUT2D eigenvalue weighted by atomic mass is 16.5. The van der Waals surface area contributed by atoms with Crippen molar-refractivity contribution in [3.05, 3.63) is 23.3 Å². The Morgan fingerprint density at radius 3 is 2.79 bits per heavy atom. The fraction of sp³-hybridized carbons (Fsp3) is 0.632. The third-order valence-electron chi connectivity index (χ3n) is 6.75. The molecule has 2 aliphatic carbocycles. The number of rotatable bonds is 2. The summed E-state index contributed by atoms with van der Waals surface area (Å²) in [6, 6.07) is 4.09. The highest BCUT2D eigenvalue weighted by Crippen LogP contribution is 2.61. The van der Waals surface area contributed by atoms with E-state index in [2.05, 4.69) is 11.9 Å². The first kappa shape index (κ1) is 15.9. The zero-order valence-corrected chi connectivity index (χ0v) is 14.6. The van der Waals surface area contributed by atoms with Gasteiger partial charge in [-0.1, -0.05) is 6.07 Å². The molecule has 1 N–H and O–H groups in total. The number of likely N-dealkylation sites (N-methyl/N-ethyl adjacent to an activating group) is 1. The molecule has 0 spiro atoms. The molecule has 1 aliphatic heterocycles. The molecule has 2 bridgehead atoms. The van der Waals surface area contributed by atoms with E-state index in [0.29, 0.717) is 25.0 Å². The maximum absolute atomic E-state index is 12.4. The largest absolute Gasteiger partial charge is 0.504 e. The number of piperidine rings is 1. The Morgan fingerprint density at radius 2 is 2.08 bits per heavy atom. The fourth-order valence-electron chi connectivity index (χ4n) is 5.67. The monoisotopic (exact) mass is 331 g/mol. The summed E-state index contributed by atoms with van der Waals surface area (Å²) >= 11 is 0. The lowest BCUT2D eigenvalue weighted by Gasteiger charge is -2.64. The lowest BCUT2D eigenvalue weighted by molar-refractivity contribution is -0.183. The average molecular weight is 331 g/mol. The molecule has 4 rings (SSSR count). The Bertz CT molecular complexity index is 703. The second-order valence-electron chi connectivity index (χ2n) is 7.49. The molecule has 1 aromatic rings. The summed E-state index contributed by atoms with van der Waals surface area (Å²) in [5.41, 5.74) is 1.12. The molecule has 1 aromatic carbocycles. The van der Waals surface area contributed by atoms with Gasteiger partial charge in [0.15, 0.2) is 11.5 Å². The van der Waals surface area contributed by atoms with E-state index in [4.69, 9.17) is 9.47 Å². The van der Waals surface area contributed by atoms with E-state index in [1.165, 1.54) is 0 Å². The number of fused-ring (bicyclic) bond motifs is 1. The number of hydrogen-bond acceptors (Lipinski definition) is 5. The molecule has 24 heavy (non-hydrogen) atoms. The molecule has 5 heteroatoms. The highest BCUT2D eigenvalue weighted by Gasteiger charge is 2.66. The van der Waals surface area contributed by atoms with Gasteiger partial charge >= 0.3 is 0 Å². The molecule has 0 radical (unpaired) electrons. The van der Waals surface area contributed by atoms with Crippen molar-refractivity contribution in [1.29, 1.82) is 0 Å². The van der Waals surface area contributed by atoms with E-state index in [1.807, 2.05) is 12.1 Å². The standard InChI is InChI=1S/C19H25NO4/c1-20-9-8-18-11-13(21)6-7-19(18,24-3)15(20)10-12-4-5-14(23-2)17(22)16(12)18/h4-5,15,22H,6-11H2,1-3H3/t15-,18-,19-/m1/s1. The quantitative estimate of drug-likeness (QED) is 0.899. The van der Waals surface area contributed by atoms with Gasteiger partial charge in [0, 0.05) is 37.0 Å². The minimum atomic E-state index is -0.458. The minimum absolute atomic E-state index is 0.189. The van der Waals surface area contributed by atoms with E-state index in [0.717, 1.165) is 30.5 Å². The third kappa shape index (κ3) is 1.74. The number of carbonyl (C=O) groups is 1. The number of phenols is 1. The SMILES string of the molecule is COc1ccc2c(c1O)[C@]13CCN(C)[C@H](C2)[C@]1(OC)CCC(=O)C3. The molecule has 0 amide bonds. The second-order valence-corrected chi connectivity index (χ2v) is 7.49. The van der Waals surface area contributed by atoms with Crippen LogP contribution >= 0.6 is 0 Å². The van der Waals surface area contributed by atoms with E-state index in [1.54, 1.807) is 14.2 Å². The lowest BCUT2D eigenvalue weighted by atomic mass is 9.49. The number of phenolic OH excluding ortho intramolecular Hbond substituents is 1. The van der Waals surface area contributed by atoms with Crippen LogP contribution in [-0.2, 0) is 21.4 Å². The van der Waals surface area contributed by atoms with Crippen molar-refractivity contribution in [2.75, 3.05) is 27.8 Å². The number of likely N-dealkylation sites (tertiary alicyclic amines) is 1. The second kappa shape index (κ2) is 5.20. The Hall–Kier alpha value is -1.59. The van der Waals surface area contributed by atoms with Crippen LogP contribution in [0.1, 0.15) is 36.8 Å². The van der Waals surface area contributed by atoms with Crippen LogP contribution < -0.4 is 4.74 Å². The lowest BCUT2D eigenvalue weighted by Crippen LogP contribution is -2.73. The van der Waals surface area contributed by atoms with E-state index in [-0.39, 0.29) is 17.6 Å². The summed E-state index contributed by atoms with van der Waals surface area (Å²) in [4.78, 5) is 14.8. The van der Waals surface area contributed by atoms with Gasteiger partial charge in [-0.25, -0.2) is 0 Å². The van der Waals surface area contributed by atoms with Crippen LogP contribution in [0.3, 0.4) is 0 Å². The van der Waals surface area contributed by atoms with Crippen molar-refractivity contribution in [2.24, 2.45) is 0 Å². The number of ether oxygens (including phenoxy) is 2. The first-order valence-corrected chi connectivity index (χ1v) is 8.65. The number of aromatic hydroxyl groups is 1. The van der Waals surface area contributed by atoms with Gasteiger partial charge in [0.25, 0.3) is 0 Å². The van der Waals surface area contributed by atoms with Gasteiger partial charge in [0.1, 0.15) is 5.78 Å². The zero-order chi connectivity index (χ0) is 17.1. The predicted molar refractivity (Wildman–Crippen MR) is 89.7 cm³/mol. The van der Waals surface area contributed by atoms with Crippen molar-refractivity contribution in [2.45, 2.75) is 49.2 Å². The first-order chi connectivity index (χ1) is 11.5. The summed E-state index contributed by atoms with van der Waals surface area (Å²) in [6.07, 6.45) is 3.35. The fourth-order valence-corrected chi connectivity index (χ4v) is 5.67. The predicted octanol–water partition coefficient (Wildman–Crippen LogP) is 2.04. The molecule has 5 nitrogen and oxygen atoms in total. The highest BCUT2D eigenvalue weighted by molar-refractivity contribution is 5.83. The number of hydrogen-bond donors (Lipinski definition) is 1. The molecule has 3 atom stereocenters. The van der Waals surface area contributed by atoms with E-state index in [9.17, 15) is 9.90 Å². The molecule has 0 aromatic heterocycles. The van der Waals surface area contributed by atoms with Crippen molar-refractivity contribution < 1.29 is 19.4 Å². The van der Waals surface area contributed by atoms with Crippen LogP contribution in [0.2, 0.25) is 0 Å². The Labute approximate surface area is 142 Å². The summed E-state index contributed by atoms with van der Waals surface area (Å²) in [5.74, 6) is 0.929. The van der Waals surface area contributed by atoms with E-state index >= 15 is 0 Å². The van der Waals surface area contributed by atoms with Crippen LogP contribution in [0.5, 0.6) is 11.5 Å². The van der Waals surface area contributed by atoms with Gasteiger partial charge in [-0.3, -0.25) is 4.79 Å². The van der Waals surface area contributed by atoms with Crippen LogP contribution in [-0.4, -0.2) is 55.2 Å². The summed E-state index contributed by atoms with van der Waals surface area (Å²) in [7, 11) is 5.47. The van der Waals surface area contributed by atoms with Gasteiger partial charge < -0.3 is 19.5 Å². The molecular weight excluding hydrogens is 306 g/mol. The summed E-state index contributed by atoms with van der Waals surface area (Å²) < 4.78 is 11.6. The normalized spacial score (nSPS) is 35.3. The maximum Gasteiger partial charge on any atom is 0.161 e. The topological polar surface area (TPSA) is 59.0 Å². The molecule has 1 heterocycles. The Kier molecular flexibility index (Phi) is 3.45. The first-order valence-electron chi connectivity index (χ1n) is 8.65. The Morgan fingerprint density at radius 1 is 1.29 bits per heavy atom. The molecule has 2 fully saturated rings. The number of nitrogens with zero attached hydrogens (tertiary/aromatic N) is 1. The molecule has 1 saturated heterocycles. The number of Topliss-reactive ketones (excluding diaryl/α,β-unsaturated/α-hetero) is 1. The summed E-state index contributed by atoms with van der Waals surface area (Å²) in [5, 5.41) is 10.9. The average Bonchev–Trinajstić information content (AvgIpc) is 2.58. The molecule has 3 aliphatic rings. The van der Waals surface area contributed by atoms with Gasteiger partial charge in [-0.05, 0) is 44.5 Å².